The summed E-state index contributed by atoms with van der Waals surface area (Å²) in [6, 6.07) is 5.61. The fourth-order valence-corrected chi connectivity index (χ4v) is 3.06. The number of nitrogens with one attached hydrogen (secondary N) is 2. The second-order valence-corrected chi connectivity index (χ2v) is 7.27. The van der Waals surface area contributed by atoms with E-state index in [1.807, 2.05) is 36.0 Å². The monoisotopic (exact) mass is 464 g/mol. The van der Waals surface area contributed by atoms with Gasteiger partial charge in [-0.2, -0.15) is 5.10 Å². The number of halogens is 3. The van der Waals surface area contributed by atoms with E-state index in [0.29, 0.717) is 10.1 Å². The first-order valence-electron chi connectivity index (χ1n) is 6.65. The van der Waals surface area contributed by atoms with Gasteiger partial charge in [-0.15, -0.1) is 0 Å². The van der Waals surface area contributed by atoms with Crippen LogP contribution >= 0.6 is 55.7 Å². The lowest BCUT2D eigenvalue weighted by molar-refractivity contribution is 0.570. The molecule has 0 fully saturated rings. The first kappa shape index (κ1) is 17.7. The molecule has 2 aromatic rings. The van der Waals surface area contributed by atoms with Crippen LogP contribution in [0.5, 0.6) is 0 Å². The third-order valence-corrected chi connectivity index (χ3v) is 4.75. The smallest absolute Gasteiger partial charge is 0.170 e. The number of hydrogen-bond donors (Lipinski definition) is 2. The highest BCUT2D eigenvalue weighted by Gasteiger charge is 2.04. The van der Waals surface area contributed by atoms with Crippen molar-refractivity contribution in [1.29, 1.82) is 0 Å². The molecule has 118 valence electrons. The topological polar surface area (TPSA) is 41.9 Å². The summed E-state index contributed by atoms with van der Waals surface area (Å²) < 4.78 is 3.88. The van der Waals surface area contributed by atoms with Crippen molar-refractivity contribution in [3.63, 3.8) is 0 Å². The van der Waals surface area contributed by atoms with Gasteiger partial charge in [0.15, 0.2) is 5.11 Å². The number of aryl methyl sites for hydroxylation is 2. The van der Waals surface area contributed by atoms with Crippen LogP contribution in [0.25, 0.3) is 0 Å². The number of anilines is 1. The Hall–Kier alpha value is -0.630. The van der Waals surface area contributed by atoms with Gasteiger partial charge in [-0.1, -0.05) is 27.5 Å². The highest BCUT2D eigenvalue weighted by molar-refractivity contribution is 9.10. The summed E-state index contributed by atoms with van der Waals surface area (Å²) in [5, 5.41) is 11.8. The summed E-state index contributed by atoms with van der Waals surface area (Å²) in [6.45, 7) is 3.57. The van der Waals surface area contributed by atoms with E-state index in [2.05, 4.69) is 47.6 Å². The molecule has 0 amide bonds. The van der Waals surface area contributed by atoms with Gasteiger partial charge in [-0.05, 0) is 59.7 Å². The maximum atomic E-state index is 6.14. The Labute approximate surface area is 156 Å². The maximum Gasteiger partial charge on any atom is 0.170 e. The van der Waals surface area contributed by atoms with Gasteiger partial charge in [-0.3, -0.25) is 4.68 Å². The molecule has 0 saturated carbocycles. The van der Waals surface area contributed by atoms with Crippen molar-refractivity contribution in [2.75, 3.05) is 11.9 Å². The first-order chi connectivity index (χ1) is 10.5. The van der Waals surface area contributed by atoms with Gasteiger partial charge in [0.1, 0.15) is 0 Å². The number of rotatable bonds is 5. The van der Waals surface area contributed by atoms with Gasteiger partial charge in [0.2, 0.25) is 0 Å². The average molecular weight is 467 g/mol. The Kier molecular flexibility index (Phi) is 6.67. The SMILES string of the molecule is Cc1nn(CCCNC(=S)Nc2ccc(Br)cc2Cl)cc1Br. The Balaban J connectivity index is 1.73. The fourth-order valence-electron chi connectivity index (χ4n) is 1.81. The zero-order valence-corrected chi connectivity index (χ0v) is 16.6. The normalized spacial score (nSPS) is 10.5. The number of benzene rings is 1. The predicted molar refractivity (Wildman–Crippen MR) is 103 cm³/mol. The molecule has 1 heterocycles. The zero-order valence-electron chi connectivity index (χ0n) is 11.9. The maximum absolute atomic E-state index is 6.14. The van der Waals surface area contributed by atoms with E-state index in [-0.39, 0.29) is 0 Å². The van der Waals surface area contributed by atoms with E-state index in [1.165, 1.54) is 0 Å². The lowest BCUT2D eigenvalue weighted by Gasteiger charge is -2.12. The van der Waals surface area contributed by atoms with E-state index in [1.54, 1.807) is 0 Å². The number of aromatic nitrogens is 2. The highest BCUT2D eigenvalue weighted by atomic mass is 79.9. The molecule has 0 saturated heterocycles. The summed E-state index contributed by atoms with van der Waals surface area (Å²) in [6.07, 6.45) is 2.90. The van der Waals surface area contributed by atoms with Gasteiger partial charge in [0, 0.05) is 23.8 Å². The van der Waals surface area contributed by atoms with Crippen LogP contribution in [-0.4, -0.2) is 21.4 Å². The minimum atomic E-state index is 0.557. The van der Waals surface area contributed by atoms with Crippen LogP contribution in [0.15, 0.2) is 33.3 Å². The first-order valence-corrected chi connectivity index (χ1v) is 9.02. The van der Waals surface area contributed by atoms with Gasteiger partial charge < -0.3 is 10.6 Å². The van der Waals surface area contributed by atoms with Crippen LogP contribution in [-0.2, 0) is 6.54 Å². The van der Waals surface area contributed by atoms with E-state index in [9.17, 15) is 0 Å². The third kappa shape index (κ3) is 5.22. The molecule has 0 radical (unpaired) electrons. The molecule has 0 spiro atoms. The Morgan fingerprint density at radius 1 is 1.41 bits per heavy atom. The van der Waals surface area contributed by atoms with Crippen molar-refractivity contribution in [1.82, 2.24) is 15.1 Å². The van der Waals surface area contributed by atoms with E-state index in [0.717, 1.165) is 39.8 Å². The average Bonchev–Trinajstić information content (AvgIpc) is 2.77. The highest BCUT2D eigenvalue weighted by Crippen LogP contribution is 2.25. The summed E-state index contributed by atoms with van der Waals surface area (Å²) in [5.74, 6) is 0. The molecule has 1 aromatic carbocycles. The molecule has 0 atom stereocenters. The minimum Gasteiger partial charge on any atom is -0.362 e. The van der Waals surface area contributed by atoms with Crippen molar-refractivity contribution >= 4 is 66.5 Å². The number of nitrogens with zero attached hydrogens (tertiary/aromatic N) is 2. The van der Waals surface area contributed by atoms with Gasteiger partial charge in [0.25, 0.3) is 0 Å². The molecule has 22 heavy (non-hydrogen) atoms. The minimum absolute atomic E-state index is 0.557. The summed E-state index contributed by atoms with van der Waals surface area (Å²) in [7, 11) is 0. The summed E-state index contributed by atoms with van der Waals surface area (Å²) >= 11 is 18.2. The molecule has 0 aliphatic heterocycles. The molecule has 2 N–H and O–H groups in total. The van der Waals surface area contributed by atoms with Crippen LogP contribution in [0.3, 0.4) is 0 Å². The summed E-state index contributed by atoms with van der Waals surface area (Å²) in [5.41, 5.74) is 1.78. The molecule has 0 unspecified atom stereocenters. The Morgan fingerprint density at radius 2 is 2.18 bits per heavy atom. The number of hydrogen-bond acceptors (Lipinski definition) is 2. The molecular weight excluding hydrogens is 452 g/mol. The summed E-state index contributed by atoms with van der Waals surface area (Å²) in [4.78, 5) is 0. The molecule has 1 aromatic heterocycles. The third-order valence-electron chi connectivity index (χ3n) is 2.92. The van der Waals surface area contributed by atoms with E-state index in [4.69, 9.17) is 23.8 Å². The van der Waals surface area contributed by atoms with Crippen molar-refractivity contribution in [3.8, 4) is 0 Å². The molecule has 2 rings (SSSR count). The van der Waals surface area contributed by atoms with Gasteiger partial charge in [0.05, 0.1) is 20.9 Å². The lowest BCUT2D eigenvalue weighted by atomic mass is 10.3. The second-order valence-electron chi connectivity index (χ2n) is 4.68. The van der Waals surface area contributed by atoms with Crippen LogP contribution in [0.1, 0.15) is 12.1 Å². The van der Waals surface area contributed by atoms with Crippen LogP contribution in [0, 0.1) is 6.92 Å². The lowest BCUT2D eigenvalue weighted by Crippen LogP contribution is -2.29. The van der Waals surface area contributed by atoms with E-state index >= 15 is 0 Å². The molecular formula is C14H15Br2ClN4S. The molecule has 0 aliphatic carbocycles. The van der Waals surface area contributed by atoms with Crippen LogP contribution < -0.4 is 10.6 Å². The van der Waals surface area contributed by atoms with Crippen molar-refractivity contribution < 1.29 is 0 Å². The predicted octanol–water partition coefficient (Wildman–Crippen LogP) is 4.75. The molecule has 0 bridgehead atoms. The molecule has 0 aliphatic rings. The van der Waals surface area contributed by atoms with Crippen molar-refractivity contribution in [3.05, 3.63) is 44.1 Å². The Morgan fingerprint density at radius 3 is 2.82 bits per heavy atom. The van der Waals surface area contributed by atoms with Crippen molar-refractivity contribution in [2.45, 2.75) is 19.9 Å². The Bertz CT molecular complexity index is 655. The number of thiocarbonyl (C=S) groups is 1. The largest absolute Gasteiger partial charge is 0.362 e. The van der Waals surface area contributed by atoms with Gasteiger partial charge >= 0.3 is 0 Å². The van der Waals surface area contributed by atoms with E-state index < -0.39 is 0 Å². The standard InChI is InChI=1S/C14H15Br2ClN4S/c1-9-11(16)8-21(20-9)6-2-5-18-14(22)19-13-4-3-10(15)7-12(13)17/h3-4,7-8H,2,5-6H2,1H3,(H2,18,19,22). The molecule has 4 nitrogen and oxygen atoms in total. The fraction of sp³-hybridized carbons (Fsp3) is 0.286. The van der Waals surface area contributed by atoms with Gasteiger partial charge in [-0.25, -0.2) is 0 Å². The second kappa shape index (κ2) is 8.29. The van der Waals surface area contributed by atoms with Crippen LogP contribution in [0.2, 0.25) is 5.02 Å². The van der Waals surface area contributed by atoms with Crippen LogP contribution in [0.4, 0.5) is 5.69 Å². The quantitative estimate of drug-likeness (QED) is 0.493. The van der Waals surface area contributed by atoms with Crippen molar-refractivity contribution in [2.24, 2.45) is 0 Å². The zero-order chi connectivity index (χ0) is 16.1. The molecule has 8 heteroatoms.